The highest BCUT2D eigenvalue weighted by Crippen LogP contribution is 2.34. The Morgan fingerprint density at radius 3 is 2.91 bits per heavy atom. The van der Waals surface area contributed by atoms with E-state index in [1.54, 1.807) is 0 Å². The van der Waals surface area contributed by atoms with Crippen molar-refractivity contribution < 1.29 is 9.47 Å². The monoisotopic (exact) mass is 328 g/mol. The van der Waals surface area contributed by atoms with Crippen LogP contribution in [0, 0.1) is 0 Å². The minimum atomic E-state index is 0.171. The summed E-state index contributed by atoms with van der Waals surface area (Å²) in [5.41, 5.74) is 6.22. The Morgan fingerprint density at radius 2 is 2.23 bits per heavy atom. The number of hydrogen-bond donors (Lipinski definition) is 2. The van der Waals surface area contributed by atoms with Crippen molar-refractivity contribution in [3.05, 3.63) is 0 Å². The van der Waals surface area contributed by atoms with Crippen LogP contribution in [-0.2, 0) is 9.47 Å². The molecular weight excluding hydrogens is 300 g/mol. The predicted molar refractivity (Wildman–Crippen MR) is 90.5 cm³/mol. The van der Waals surface area contributed by atoms with Gasteiger partial charge in [-0.3, -0.25) is 9.89 Å². The molecule has 0 aromatic rings. The van der Waals surface area contributed by atoms with Gasteiger partial charge in [-0.1, -0.05) is 0 Å². The van der Waals surface area contributed by atoms with Crippen LogP contribution < -0.4 is 11.1 Å². The standard InChI is InChI=1S/C15H28N4O2S/c16-14(17-10-13-2-1-6-21-13)18-11-15(3-9-22-12-15)19-4-7-20-8-5-19/h13H,1-12H2,(H3,16,17,18). The predicted octanol–water partition coefficient (Wildman–Crippen LogP) is 0.278. The molecule has 3 rings (SSSR count). The van der Waals surface area contributed by atoms with E-state index in [1.807, 2.05) is 11.8 Å². The van der Waals surface area contributed by atoms with E-state index in [-0.39, 0.29) is 5.54 Å². The lowest BCUT2D eigenvalue weighted by Crippen LogP contribution is -2.56. The molecule has 126 valence electrons. The first kappa shape index (κ1) is 16.4. The van der Waals surface area contributed by atoms with Crippen molar-refractivity contribution in [3.63, 3.8) is 0 Å². The molecule has 3 fully saturated rings. The smallest absolute Gasteiger partial charge is 0.188 e. The van der Waals surface area contributed by atoms with Crippen LogP contribution in [0.4, 0.5) is 0 Å². The summed E-state index contributed by atoms with van der Waals surface area (Å²) in [5, 5.41) is 3.22. The number of nitrogens with zero attached hydrogens (tertiary/aromatic N) is 2. The van der Waals surface area contributed by atoms with Gasteiger partial charge in [0.25, 0.3) is 0 Å². The fourth-order valence-corrected chi connectivity index (χ4v) is 4.89. The molecule has 7 heteroatoms. The molecule has 0 aromatic carbocycles. The first-order chi connectivity index (χ1) is 10.8. The van der Waals surface area contributed by atoms with Gasteiger partial charge in [0.15, 0.2) is 5.96 Å². The van der Waals surface area contributed by atoms with Gasteiger partial charge in [0.2, 0.25) is 0 Å². The van der Waals surface area contributed by atoms with E-state index in [2.05, 4.69) is 15.2 Å². The second-order valence-electron chi connectivity index (χ2n) is 6.34. The van der Waals surface area contributed by atoms with E-state index in [4.69, 9.17) is 15.2 Å². The summed E-state index contributed by atoms with van der Waals surface area (Å²) >= 11 is 2.03. The Bertz CT molecular complexity index is 376. The van der Waals surface area contributed by atoms with Crippen molar-refractivity contribution in [2.45, 2.75) is 30.9 Å². The van der Waals surface area contributed by atoms with Gasteiger partial charge in [-0.05, 0) is 25.0 Å². The fourth-order valence-electron chi connectivity index (χ4n) is 3.42. The molecule has 3 aliphatic rings. The van der Waals surface area contributed by atoms with Gasteiger partial charge in [-0.2, -0.15) is 11.8 Å². The van der Waals surface area contributed by atoms with E-state index in [0.717, 1.165) is 64.6 Å². The highest BCUT2D eigenvalue weighted by molar-refractivity contribution is 7.99. The lowest BCUT2D eigenvalue weighted by molar-refractivity contribution is -0.0104. The molecule has 0 aliphatic carbocycles. The molecule has 0 bridgehead atoms. The molecule has 22 heavy (non-hydrogen) atoms. The number of rotatable bonds is 5. The molecule has 6 nitrogen and oxygen atoms in total. The van der Waals surface area contributed by atoms with Gasteiger partial charge in [0.1, 0.15) is 0 Å². The number of nitrogens with two attached hydrogens (primary N) is 1. The molecule has 3 aliphatic heterocycles. The van der Waals surface area contributed by atoms with Crippen LogP contribution in [0.25, 0.3) is 0 Å². The molecule has 0 aromatic heterocycles. The number of morpholine rings is 1. The first-order valence-electron chi connectivity index (χ1n) is 8.34. The second kappa shape index (κ2) is 7.86. The zero-order chi connectivity index (χ0) is 15.3. The maximum atomic E-state index is 6.05. The van der Waals surface area contributed by atoms with Crippen LogP contribution in [0.3, 0.4) is 0 Å². The number of nitrogens with one attached hydrogen (secondary N) is 1. The van der Waals surface area contributed by atoms with Crippen LogP contribution in [0.1, 0.15) is 19.3 Å². The van der Waals surface area contributed by atoms with E-state index < -0.39 is 0 Å². The Balaban J connectivity index is 1.52. The molecule has 0 saturated carbocycles. The average molecular weight is 328 g/mol. The molecule has 0 radical (unpaired) electrons. The molecule has 0 amide bonds. The minimum absolute atomic E-state index is 0.171. The number of ether oxygens (including phenoxy) is 2. The van der Waals surface area contributed by atoms with Crippen molar-refractivity contribution in [1.82, 2.24) is 10.2 Å². The fraction of sp³-hybridized carbons (Fsp3) is 0.933. The summed E-state index contributed by atoms with van der Waals surface area (Å²) in [6.07, 6.45) is 3.76. The van der Waals surface area contributed by atoms with Gasteiger partial charge >= 0.3 is 0 Å². The zero-order valence-corrected chi connectivity index (χ0v) is 14.1. The maximum absolute atomic E-state index is 6.05. The molecular formula is C15H28N4O2S. The minimum Gasteiger partial charge on any atom is -0.379 e. The third kappa shape index (κ3) is 4.07. The van der Waals surface area contributed by atoms with Crippen LogP contribution in [-0.4, -0.2) is 80.0 Å². The lowest BCUT2D eigenvalue weighted by atomic mass is 9.96. The molecule has 2 unspecified atom stereocenters. The van der Waals surface area contributed by atoms with Gasteiger partial charge in [-0.25, -0.2) is 0 Å². The summed E-state index contributed by atoms with van der Waals surface area (Å²) < 4.78 is 11.1. The van der Waals surface area contributed by atoms with Gasteiger partial charge in [-0.15, -0.1) is 0 Å². The zero-order valence-electron chi connectivity index (χ0n) is 13.3. The normalized spacial score (nSPS) is 34.2. The molecule has 3 N–H and O–H groups in total. The second-order valence-corrected chi connectivity index (χ2v) is 7.45. The number of thioether (sulfide) groups is 1. The Labute approximate surface area is 137 Å². The van der Waals surface area contributed by atoms with Crippen molar-refractivity contribution in [3.8, 4) is 0 Å². The average Bonchev–Trinajstić information content (AvgIpc) is 3.24. The third-order valence-corrected chi connectivity index (χ3v) is 6.08. The van der Waals surface area contributed by atoms with Crippen LogP contribution >= 0.6 is 11.8 Å². The van der Waals surface area contributed by atoms with Crippen LogP contribution in [0.15, 0.2) is 4.99 Å². The van der Waals surface area contributed by atoms with Crippen molar-refractivity contribution in [2.75, 3.05) is 57.5 Å². The van der Waals surface area contributed by atoms with Crippen molar-refractivity contribution >= 4 is 17.7 Å². The molecule has 0 spiro atoms. The molecule has 2 atom stereocenters. The number of aliphatic imine (C=N–C) groups is 1. The summed E-state index contributed by atoms with van der Waals surface area (Å²) in [5.74, 6) is 2.92. The molecule has 3 heterocycles. The number of hydrogen-bond acceptors (Lipinski definition) is 5. The van der Waals surface area contributed by atoms with Gasteiger partial charge < -0.3 is 20.5 Å². The van der Waals surface area contributed by atoms with Gasteiger partial charge in [0.05, 0.1) is 31.4 Å². The van der Waals surface area contributed by atoms with Crippen LogP contribution in [0.5, 0.6) is 0 Å². The molecule has 3 saturated heterocycles. The quantitative estimate of drug-likeness (QED) is 0.558. The van der Waals surface area contributed by atoms with E-state index in [0.29, 0.717) is 12.1 Å². The van der Waals surface area contributed by atoms with Crippen molar-refractivity contribution in [2.24, 2.45) is 10.7 Å². The summed E-state index contributed by atoms with van der Waals surface area (Å²) in [6, 6.07) is 0. The SMILES string of the molecule is NC(=NCC1(N2CCOCC2)CCSC1)NCC1CCCO1. The Morgan fingerprint density at radius 1 is 1.36 bits per heavy atom. The maximum Gasteiger partial charge on any atom is 0.188 e. The largest absolute Gasteiger partial charge is 0.379 e. The third-order valence-electron chi connectivity index (χ3n) is 4.84. The van der Waals surface area contributed by atoms with E-state index >= 15 is 0 Å². The van der Waals surface area contributed by atoms with Crippen molar-refractivity contribution in [1.29, 1.82) is 0 Å². The first-order valence-corrected chi connectivity index (χ1v) is 9.50. The van der Waals surface area contributed by atoms with Crippen LogP contribution in [0.2, 0.25) is 0 Å². The van der Waals surface area contributed by atoms with E-state index in [9.17, 15) is 0 Å². The highest BCUT2D eigenvalue weighted by atomic mass is 32.2. The topological polar surface area (TPSA) is 72.1 Å². The van der Waals surface area contributed by atoms with Gasteiger partial charge in [0, 0.05) is 32.0 Å². The highest BCUT2D eigenvalue weighted by Gasteiger charge is 2.40. The summed E-state index contributed by atoms with van der Waals surface area (Å²) in [4.78, 5) is 7.21. The van der Waals surface area contributed by atoms with E-state index in [1.165, 1.54) is 12.2 Å². The lowest BCUT2D eigenvalue weighted by Gasteiger charge is -2.42. The number of guanidine groups is 1. The summed E-state index contributed by atoms with van der Waals surface area (Å²) in [6.45, 7) is 6.13. The summed E-state index contributed by atoms with van der Waals surface area (Å²) in [7, 11) is 0. The Hall–Kier alpha value is -0.500. The Kier molecular flexibility index (Phi) is 5.84.